The van der Waals surface area contributed by atoms with Crippen LogP contribution in [0.15, 0.2) is 18.2 Å². The van der Waals surface area contributed by atoms with Crippen molar-refractivity contribution in [3.05, 3.63) is 34.9 Å². The highest BCUT2D eigenvalue weighted by molar-refractivity contribution is 6.03. The van der Waals surface area contributed by atoms with Gasteiger partial charge in [0.2, 0.25) is 0 Å². The number of hydrogen-bond acceptors (Lipinski definition) is 4. The molecule has 4 nitrogen and oxygen atoms in total. The van der Waals surface area contributed by atoms with Crippen LogP contribution in [0.5, 0.6) is 0 Å². The van der Waals surface area contributed by atoms with Gasteiger partial charge in [-0.15, -0.1) is 0 Å². The third kappa shape index (κ3) is 4.90. The summed E-state index contributed by atoms with van der Waals surface area (Å²) in [5.41, 5.74) is -0.407. The Morgan fingerprint density at radius 2 is 1.55 bits per heavy atom. The molecule has 1 N–H and O–H groups in total. The summed E-state index contributed by atoms with van der Waals surface area (Å²) in [5.74, 6) is -0.306. The molecule has 0 bridgehead atoms. The molecule has 1 aromatic rings. The largest absolute Gasteiger partial charge is 0.382 e. The number of rotatable bonds is 5. The van der Waals surface area contributed by atoms with Gasteiger partial charge in [0.05, 0.1) is 5.60 Å². The van der Waals surface area contributed by atoms with Gasteiger partial charge in [-0.05, 0) is 72.6 Å². The predicted molar refractivity (Wildman–Crippen MR) is 86.8 cm³/mol. The van der Waals surface area contributed by atoms with Crippen LogP contribution in [0.3, 0.4) is 0 Å². The van der Waals surface area contributed by atoms with Crippen molar-refractivity contribution in [3.8, 4) is 0 Å². The molecule has 1 rings (SSSR count). The minimum atomic E-state index is -1.41. The number of aliphatic hydroxyl groups is 1. The fraction of sp³-hybridized carbons (Fsp3) is 0.611. The van der Waals surface area contributed by atoms with Crippen molar-refractivity contribution in [1.82, 2.24) is 0 Å². The van der Waals surface area contributed by atoms with Crippen molar-refractivity contribution in [1.29, 1.82) is 0 Å². The molecule has 0 aliphatic rings. The molecule has 4 heteroatoms. The zero-order valence-electron chi connectivity index (χ0n) is 14.9. The predicted octanol–water partition coefficient (Wildman–Crippen LogP) is 3.93. The van der Waals surface area contributed by atoms with Crippen molar-refractivity contribution < 1.29 is 19.7 Å². The van der Waals surface area contributed by atoms with Crippen LogP contribution < -0.4 is 0 Å². The molecular formula is C18H28O4. The van der Waals surface area contributed by atoms with Crippen molar-refractivity contribution in [2.24, 2.45) is 0 Å². The maximum absolute atomic E-state index is 12.4. The van der Waals surface area contributed by atoms with Gasteiger partial charge < -0.3 is 5.11 Å². The van der Waals surface area contributed by atoms with Crippen LogP contribution in [-0.2, 0) is 15.4 Å². The Balaban J connectivity index is 3.14. The van der Waals surface area contributed by atoms with E-state index in [9.17, 15) is 9.90 Å². The third-order valence-electron chi connectivity index (χ3n) is 3.23. The quantitative estimate of drug-likeness (QED) is 0.509. The van der Waals surface area contributed by atoms with E-state index in [1.54, 1.807) is 6.07 Å². The van der Waals surface area contributed by atoms with Crippen molar-refractivity contribution in [3.63, 3.8) is 0 Å². The first kappa shape index (κ1) is 18.8. The molecule has 1 aromatic carbocycles. The van der Waals surface area contributed by atoms with Gasteiger partial charge in [-0.1, -0.05) is 12.1 Å². The Morgan fingerprint density at radius 1 is 1.00 bits per heavy atom. The summed E-state index contributed by atoms with van der Waals surface area (Å²) in [6.45, 7) is 14.3. The Bertz CT molecular complexity index is 545. The number of hydrogen-bond donors (Lipinski definition) is 1. The molecule has 0 spiro atoms. The van der Waals surface area contributed by atoms with E-state index in [2.05, 4.69) is 0 Å². The van der Waals surface area contributed by atoms with E-state index in [0.29, 0.717) is 5.56 Å². The molecule has 0 aliphatic carbocycles. The molecule has 0 heterocycles. The van der Waals surface area contributed by atoms with Crippen LogP contribution in [0.4, 0.5) is 0 Å². The van der Waals surface area contributed by atoms with E-state index in [1.807, 2.05) is 53.7 Å². The van der Waals surface area contributed by atoms with E-state index < -0.39 is 16.8 Å². The van der Waals surface area contributed by atoms with Crippen molar-refractivity contribution >= 4 is 5.78 Å². The fourth-order valence-corrected chi connectivity index (χ4v) is 1.85. The maximum atomic E-state index is 12.4. The van der Waals surface area contributed by atoms with E-state index in [-0.39, 0.29) is 5.78 Å². The third-order valence-corrected chi connectivity index (χ3v) is 3.23. The van der Waals surface area contributed by atoms with Crippen LogP contribution in [0, 0.1) is 6.92 Å². The van der Waals surface area contributed by atoms with Crippen LogP contribution in [0.2, 0.25) is 0 Å². The van der Waals surface area contributed by atoms with Crippen LogP contribution in [0.25, 0.3) is 0 Å². The van der Waals surface area contributed by atoms with E-state index in [0.717, 1.165) is 11.1 Å². The zero-order valence-corrected chi connectivity index (χ0v) is 14.9. The molecule has 0 atom stereocenters. The highest BCUT2D eigenvalue weighted by atomic mass is 17.2. The van der Waals surface area contributed by atoms with Gasteiger partial charge in [-0.2, -0.15) is 0 Å². The van der Waals surface area contributed by atoms with Gasteiger partial charge in [-0.3, -0.25) is 4.79 Å². The van der Waals surface area contributed by atoms with Gasteiger partial charge in [-0.25, -0.2) is 9.78 Å². The highest BCUT2D eigenvalue weighted by Gasteiger charge is 2.30. The number of benzene rings is 1. The first-order valence-corrected chi connectivity index (χ1v) is 7.49. The molecule has 0 amide bonds. The lowest BCUT2D eigenvalue weighted by molar-refractivity contribution is -0.401. The average molecular weight is 308 g/mol. The zero-order chi connectivity index (χ0) is 17.3. The molecule has 0 fully saturated rings. The molecule has 0 aromatic heterocycles. The van der Waals surface area contributed by atoms with Gasteiger partial charge in [0.25, 0.3) is 0 Å². The second kappa shape index (κ2) is 6.11. The number of Topliss-reactive ketones (excluding diaryl/α,β-unsaturated/α-hetero) is 1. The van der Waals surface area contributed by atoms with E-state index >= 15 is 0 Å². The van der Waals surface area contributed by atoms with Crippen LogP contribution in [-0.4, -0.2) is 22.1 Å². The SMILES string of the molecule is Cc1ccc(C(C)(C)OOC(C)(C)C)cc1C(=O)C(C)(C)O. The van der Waals surface area contributed by atoms with Gasteiger partial charge >= 0.3 is 0 Å². The smallest absolute Gasteiger partial charge is 0.194 e. The molecular weight excluding hydrogens is 280 g/mol. The van der Waals surface area contributed by atoms with Crippen molar-refractivity contribution in [2.75, 3.05) is 0 Å². The highest BCUT2D eigenvalue weighted by Crippen LogP contribution is 2.29. The van der Waals surface area contributed by atoms with Gasteiger partial charge in [0.1, 0.15) is 11.2 Å². The number of carbonyl (C=O) groups is 1. The molecule has 124 valence electrons. The normalized spacial score (nSPS) is 13.3. The second-order valence-corrected chi connectivity index (χ2v) is 7.71. The number of ketones is 1. The summed E-state index contributed by atoms with van der Waals surface area (Å²) in [6.07, 6.45) is 0. The lowest BCUT2D eigenvalue weighted by Gasteiger charge is -2.29. The van der Waals surface area contributed by atoms with E-state index in [4.69, 9.17) is 9.78 Å². The number of aryl methyl sites for hydroxylation is 1. The summed E-state index contributed by atoms with van der Waals surface area (Å²) < 4.78 is 0. The molecule has 0 radical (unpaired) electrons. The Labute approximate surface area is 133 Å². The topological polar surface area (TPSA) is 55.8 Å². The summed E-state index contributed by atoms with van der Waals surface area (Å²) in [6, 6.07) is 5.53. The first-order chi connectivity index (χ1) is 9.74. The Morgan fingerprint density at radius 3 is 2.00 bits per heavy atom. The Kier molecular flexibility index (Phi) is 5.22. The maximum Gasteiger partial charge on any atom is 0.194 e. The molecule has 22 heavy (non-hydrogen) atoms. The summed E-state index contributed by atoms with van der Waals surface area (Å²) in [5, 5.41) is 9.96. The Hall–Kier alpha value is -1.23. The summed E-state index contributed by atoms with van der Waals surface area (Å²) in [7, 11) is 0. The van der Waals surface area contributed by atoms with Crippen LogP contribution in [0.1, 0.15) is 70.0 Å². The summed E-state index contributed by atoms with van der Waals surface area (Å²) >= 11 is 0. The average Bonchev–Trinajstić information content (AvgIpc) is 2.34. The van der Waals surface area contributed by atoms with Crippen molar-refractivity contribution in [2.45, 2.75) is 72.2 Å². The van der Waals surface area contributed by atoms with E-state index in [1.165, 1.54) is 13.8 Å². The van der Waals surface area contributed by atoms with Gasteiger partial charge in [0.15, 0.2) is 5.78 Å². The first-order valence-electron chi connectivity index (χ1n) is 7.49. The minimum Gasteiger partial charge on any atom is -0.382 e. The second-order valence-electron chi connectivity index (χ2n) is 7.71. The standard InChI is InChI=1S/C18H28O4/c1-12-9-10-13(11-14(12)15(19)17(5,6)20)18(7,8)22-21-16(2,3)4/h9-11,20H,1-8H3. The monoisotopic (exact) mass is 308 g/mol. The van der Waals surface area contributed by atoms with Gasteiger partial charge in [0, 0.05) is 5.56 Å². The molecule has 0 saturated carbocycles. The fourth-order valence-electron chi connectivity index (χ4n) is 1.85. The number of carbonyl (C=O) groups excluding carboxylic acids is 1. The summed E-state index contributed by atoms with van der Waals surface area (Å²) in [4.78, 5) is 23.3. The minimum absolute atomic E-state index is 0.306. The lowest BCUT2D eigenvalue weighted by atomic mass is 9.88. The molecule has 0 unspecified atom stereocenters. The molecule has 0 saturated heterocycles. The van der Waals surface area contributed by atoms with Crippen LogP contribution >= 0.6 is 0 Å². The molecule has 0 aliphatic heterocycles. The lowest BCUT2D eigenvalue weighted by Crippen LogP contribution is -2.33.